The third-order valence-electron chi connectivity index (χ3n) is 3.55. The maximum Gasteiger partial charge on any atom is 0.311 e. The Labute approximate surface area is 133 Å². The molecule has 2 heterocycles. The van der Waals surface area contributed by atoms with Gasteiger partial charge in [-0.3, -0.25) is 0 Å². The van der Waals surface area contributed by atoms with Gasteiger partial charge < -0.3 is 10.2 Å². The van der Waals surface area contributed by atoms with Gasteiger partial charge in [-0.15, -0.1) is 0 Å². The monoisotopic (exact) mass is 376 g/mol. The molecule has 1 aliphatic heterocycles. The van der Waals surface area contributed by atoms with Crippen LogP contribution in [0.15, 0.2) is 10.5 Å². The highest BCUT2D eigenvalue weighted by molar-refractivity contribution is 9.10. The van der Waals surface area contributed by atoms with Gasteiger partial charge in [0.15, 0.2) is 5.82 Å². The topological polar surface area (TPSA) is 41.0 Å². The van der Waals surface area contributed by atoms with Gasteiger partial charge in [0.2, 0.25) is 0 Å². The summed E-state index contributed by atoms with van der Waals surface area (Å²) in [5, 5.41) is 3.86. The van der Waals surface area contributed by atoms with E-state index in [1.165, 1.54) is 0 Å². The first-order valence-corrected chi connectivity index (χ1v) is 7.64. The van der Waals surface area contributed by atoms with Crippen LogP contribution in [0.2, 0.25) is 5.02 Å². The van der Waals surface area contributed by atoms with E-state index in [2.05, 4.69) is 31.2 Å². The number of benzene rings is 1. The molecule has 0 bridgehead atoms. The van der Waals surface area contributed by atoms with E-state index >= 15 is 0 Å². The Bertz CT molecular complexity index is 712. The highest BCUT2D eigenvalue weighted by Crippen LogP contribution is 2.35. The van der Waals surface area contributed by atoms with Crippen LogP contribution in [0.1, 0.15) is 6.92 Å². The zero-order valence-corrected chi connectivity index (χ0v) is 13.5. The van der Waals surface area contributed by atoms with Crippen LogP contribution in [0.4, 0.5) is 14.6 Å². The molecule has 0 aliphatic carbocycles. The number of anilines is 1. The highest BCUT2D eigenvalue weighted by Gasteiger charge is 2.24. The molecule has 1 atom stereocenters. The Balaban J connectivity index is 2.27. The molecule has 0 spiro atoms. The summed E-state index contributed by atoms with van der Waals surface area (Å²) in [6.45, 7) is 4.15. The Morgan fingerprint density at radius 1 is 1.43 bits per heavy atom. The van der Waals surface area contributed by atoms with Crippen molar-refractivity contribution in [3.8, 4) is 0 Å². The Morgan fingerprint density at radius 3 is 2.90 bits per heavy atom. The van der Waals surface area contributed by atoms with Crippen LogP contribution < -0.4 is 10.2 Å². The van der Waals surface area contributed by atoms with E-state index in [-0.39, 0.29) is 21.1 Å². The van der Waals surface area contributed by atoms with Crippen molar-refractivity contribution in [2.24, 2.45) is 0 Å². The summed E-state index contributed by atoms with van der Waals surface area (Å²) in [7, 11) is 0. The third kappa shape index (κ3) is 2.58. The van der Waals surface area contributed by atoms with Gasteiger partial charge in [-0.25, -0.2) is 4.39 Å². The van der Waals surface area contributed by atoms with Crippen molar-refractivity contribution < 1.29 is 8.78 Å². The van der Waals surface area contributed by atoms with Gasteiger partial charge in [0.05, 0.1) is 9.50 Å². The lowest BCUT2D eigenvalue weighted by Gasteiger charge is -2.35. The number of nitrogens with zero attached hydrogens (tertiary/aromatic N) is 3. The van der Waals surface area contributed by atoms with Crippen LogP contribution in [0.5, 0.6) is 0 Å². The van der Waals surface area contributed by atoms with E-state index in [9.17, 15) is 8.78 Å². The van der Waals surface area contributed by atoms with E-state index in [0.717, 1.165) is 13.1 Å². The van der Waals surface area contributed by atoms with Crippen molar-refractivity contribution >= 4 is 44.3 Å². The zero-order valence-electron chi connectivity index (χ0n) is 11.1. The molecule has 4 nitrogen and oxygen atoms in total. The summed E-state index contributed by atoms with van der Waals surface area (Å²) in [5.41, 5.74) is -0.0699. The minimum absolute atomic E-state index is 0.0699. The molecular weight excluding hydrogens is 366 g/mol. The summed E-state index contributed by atoms with van der Waals surface area (Å²) >= 11 is 9.06. The first-order chi connectivity index (χ1) is 9.99. The average Bonchev–Trinajstić information content (AvgIpc) is 2.46. The van der Waals surface area contributed by atoms with Crippen molar-refractivity contribution in [3.63, 3.8) is 0 Å². The second kappa shape index (κ2) is 5.62. The smallest absolute Gasteiger partial charge is 0.311 e. The molecule has 1 aromatic carbocycles. The van der Waals surface area contributed by atoms with Gasteiger partial charge in [-0.05, 0) is 28.9 Å². The highest BCUT2D eigenvalue weighted by atomic mass is 79.9. The number of fused-ring (bicyclic) bond motifs is 1. The van der Waals surface area contributed by atoms with Crippen molar-refractivity contribution in [3.05, 3.63) is 27.5 Å². The third-order valence-corrected chi connectivity index (χ3v) is 4.85. The number of halogens is 4. The van der Waals surface area contributed by atoms with E-state index in [1.54, 1.807) is 6.07 Å². The fraction of sp³-hybridized carbons (Fsp3) is 0.385. The van der Waals surface area contributed by atoms with Gasteiger partial charge >= 0.3 is 6.08 Å². The van der Waals surface area contributed by atoms with Crippen LogP contribution in [-0.2, 0) is 0 Å². The maximum atomic E-state index is 14.3. The Hall–Kier alpha value is -1.05. The largest absolute Gasteiger partial charge is 0.351 e. The lowest BCUT2D eigenvalue weighted by molar-refractivity contribution is 0.488. The molecule has 0 radical (unpaired) electrons. The van der Waals surface area contributed by atoms with Crippen LogP contribution in [0, 0.1) is 11.9 Å². The minimum atomic E-state index is -0.948. The number of aromatic nitrogens is 2. The molecule has 0 saturated carbocycles. The number of hydrogen-bond acceptors (Lipinski definition) is 4. The summed E-state index contributed by atoms with van der Waals surface area (Å²) in [4.78, 5) is 9.38. The van der Waals surface area contributed by atoms with E-state index < -0.39 is 11.9 Å². The summed E-state index contributed by atoms with van der Waals surface area (Å²) < 4.78 is 28.1. The molecule has 0 unspecified atom stereocenters. The zero-order chi connectivity index (χ0) is 15.1. The standard InChI is InChI=1S/C13H12BrClF2N4/c1-6-5-18-2-3-21(6)12-7-4-8(15)9(14)10(16)11(7)19-13(17)20-12/h4,6,18H,2-3,5H2,1H3/t6-/m0/s1. The van der Waals surface area contributed by atoms with Crippen molar-refractivity contribution in [1.82, 2.24) is 15.3 Å². The van der Waals surface area contributed by atoms with Gasteiger partial charge in [-0.2, -0.15) is 14.4 Å². The first kappa shape index (κ1) is 14.9. The van der Waals surface area contributed by atoms with Gasteiger partial charge in [0, 0.05) is 31.1 Å². The molecule has 21 heavy (non-hydrogen) atoms. The maximum absolute atomic E-state index is 14.3. The lowest BCUT2D eigenvalue weighted by atomic mass is 10.1. The number of hydrogen-bond donors (Lipinski definition) is 1. The molecule has 8 heteroatoms. The summed E-state index contributed by atoms with van der Waals surface area (Å²) in [5.74, 6) is -0.303. The van der Waals surface area contributed by atoms with E-state index in [0.29, 0.717) is 17.7 Å². The fourth-order valence-electron chi connectivity index (χ4n) is 2.50. The second-order valence-electron chi connectivity index (χ2n) is 4.95. The van der Waals surface area contributed by atoms with Gasteiger partial charge in [0.25, 0.3) is 0 Å². The molecule has 1 N–H and O–H groups in total. The number of piperazine rings is 1. The summed E-state index contributed by atoms with van der Waals surface area (Å²) in [6.07, 6.45) is -0.948. The quantitative estimate of drug-likeness (QED) is 0.612. The normalized spacial score (nSPS) is 19.3. The van der Waals surface area contributed by atoms with Crippen LogP contribution in [0.3, 0.4) is 0 Å². The molecule has 1 fully saturated rings. The lowest BCUT2D eigenvalue weighted by Crippen LogP contribution is -2.50. The molecule has 3 rings (SSSR count). The Morgan fingerprint density at radius 2 is 2.19 bits per heavy atom. The first-order valence-electron chi connectivity index (χ1n) is 6.47. The van der Waals surface area contributed by atoms with Crippen molar-refractivity contribution in [2.75, 3.05) is 24.5 Å². The summed E-state index contributed by atoms with van der Waals surface area (Å²) in [6, 6.07) is 1.68. The van der Waals surface area contributed by atoms with Crippen LogP contribution in [-0.4, -0.2) is 35.6 Å². The van der Waals surface area contributed by atoms with E-state index in [1.807, 2.05) is 11.8 Å². The van der Waals surface area contributed by atoms with Crippen LogP contribution >= 0.6 is 27.5 Å². The number of nitrogens with one attached hydrogen (secondary N) is 1. The van der Waals surface area contributed by atoms with Gasteiger partial charge in [0.1, 0.15) is 11.3 Å². The van der Waals surface area contributed by atoms with Crippen molar-refractivity contribution in [2.45, 2.75) is 13.0 Å². The fourth-order valence-corrected chi connectivity index (χ4v) is 3.00. The second-order valence-corrected chi connectivity index (χ2v) is 6.15. The average molecular weight is 378 g/mol. The predicted octanol–water partition coefficient (Wildman–Crippen LogP) is 3.12. The molecule has 1 aliphatic rings. The Kier molecular flexibility index (Phi) is 3.98. The molecule has 0 amide bonds. The SMILES string of the molecule is C[C@H]1CNCCN1c1nc(F)nc2c(F)c(Br)c(Cl)cc12. The number of rotatable bonds is 1. The molecular formula is C13H12BrClF2N4. The predicted molar refractivity (Wildman–Crippen MR) is 81.8 cm³/mol. The van der Waals surface area contributed by atoms with Crippen molar-refractivity contribution in [1.29, 1.82) is 0 Å². The van der Waals surface area contributed by atoms with E-state index in [4.69, 9.17) is 11.6 Å². The molecule has 1 saturated heterocycles. The van der Waals surface area contributed by atoms with Crippen LogP contribution in [0.25, 0.3) is 10.9 Å². The minimum Gasteiger partial charge on any atom is -0.351 e. The molecule has 2 aromatic rings. The van der Waals surface area contributed by atoms with Gasteiger partial charge in [-0.1, -0.05) is 11.6 Å². The molecule has 112 valence electrons. The molecule has 1 aromatic heterocycles.